The van der Waals surface area contributed by atoms with Gasteiger partial charge in [0.15, 0.2) is 0 Å². The van der Waals surface area contributed by atoms with Crippen molar-refractivity contribution in [3.05, 3.63) is 48.6 Å². The van der Waals surface area contributed by atoms with E-state index in [0.717, 1.165) is 38.5 Å². The Morgan fingerprint density at radius 2 is 1.04 bits per heavy atom. The molecule has 0 aromatic rings. The standard InChI is InChI=1S/C23H40O3/c1-2-3-4-5-6-7-8-9-10-11-12-13-14-15-16-17-18-19-20-23(26,21-24)22-25/h6-7,9-10,12-13,15-16,24-26H,2-5,8,11,14,17-22H2,1H3/b7-6-,10-9-,13-12-,16-15-. The molecule has 0 aromatic carbocycles. The van der Waals surface area contributed by atoms with Crippen LogP contribution in [0.4, 0.5) is 0 Å². The van der Waals surface area contributed by atoms with Crippen LogP contribution in [0.2, 0.25) is 0 Å². The second-order valence-corrected chi connectivity index (χ2v) is 6.87. The molecule has 0 aromatic heterocycles. The molecule has 0 radical (unpaired) electrons. The molecule has 0 aliphatic heterocycles. The minimum atomic E-state index is -1.31. The lowest BCUT2D eigenvalue weighted by Crippen LogP contribution is -2.37. The smallest absolute Gasteiger partial charge is 0.111 e. The van der Waals surface area contributed by atoms with Crippen LogP contribution in [0.25, 0.3) is 0 Å². The van der Waals surface area contributed by atoms with E-state index in [0.29, 0.717) is 6.42 Å². The molecule has 0 fully saturated rings. The zero-order valence-electron chi connectivity index (χ0n) is 16.7. The largest absolute Gasteiger partial charge is 0.393 e. The maximum atomic E-state index is 9.73. The SMILES string of the molecule is CCCCC/C=C\C/C=C\C/C=C\C/C=C\CCCCC(O)(CO)CO. The normalized spacial score (nSPS) is 13.2. The second kappa shape index (κ2) is 18.6. The van der Waals surface area contributed by atoms with E-state index in [1.165, 1.54) is 25.7 Å². The van der Waals surface area contributed by atoms with E-state index >= 15 is 0 Å². The first-order valence-electron chi connectivity index (χ1n) is 10.2. The fourth-order valence-corrected chi connectivity index (χ4v) is 2.49. The number of unbranched alkanes of at least 4 members (excludes halogenated alkanes) is 5. The van der Waals surface area contributed by atoms with Gasteiger partial charge in [-0.25, -0.2) is 0 Å². The molecule has 0 unspecified atom stereocenters. The average molecular weight is 365 g/mol. The predicted octanol–water partition coefficient (Wildman–Crippen LogP) is 5.24. The third-order valence-electron chi connectivity index (χ3n) is 4.31. The summed E-state index contributed by atoms with van der Waals surface area (Å²) in [5, 5.41) is 27.7. The van der Waals surface area contributed by atoms with Crippen LogP contribution in [-0.2, 0) is 0 Å². The number of hydrogen-bond acceptors (Lipinski definition) is 3. The fraction of sp³-hybridized carbons (Fsp3) is 0.652. The van der Waals surface area contributed by atoms with Crippen molar-refractivity contribution in [2.75, 3.05) is 13.2 Å². The molecule has 0 amide bonds. The van der Waals surface area contributed by atoms with Crippen molar-refractivity contribution >= 4 is 0 Å². The summed E-state index contributed by atoms with van der Waals surface area (Å²) in [6.45, 7) is 1.47. The van der Waals surface area contributed by atoms with Gasteiger partial charge in [-0.05, 0) is 51.4 Å². The summed E-state index contributed by atoms with van der Waals surface area (Å²) >= 11 is 0. The van der Waals surface area contributed by atoms with Crippen molar-refractivity contribution in [1.82, 2.24) is 0 Å². The summed E-state index contributed by atoms with van der Waals surface area (Å²) in [6, 6.07) is 0. The maximum absolute atomic E-state index is 9.73. The molecule has 3 N–H and O–H groups in total. The van der Waals surface area contributed by atoms with Gasteiger partial charge >= 0.3 is 0 Å². The van der Waals surface area contributed by atoms with E-state index in [9.17, 15) is 5.11 Å². The van der Waals surface area contributed by atoms with E-state index in [1.807, 2.05) is 0 Å². The van der Waals surface area contributed by atoms with Gasteiger partial charge in [0, 0.05) is 0 Å². The first kappa shape index (κ1) is 24.8. The molecule has 0 heterocycles. The first-order valence-corrected chi connectivity index (χ1v) is 10.2. The Labute approximate surface area is 160 Å². The molecule has 150 valence electrons. The van der Waals surface area contributed by atoms with Gasteiger partial charge < -0.3 is 15.3 Å². The Bertz CT molecular complexity index is 404. The summed E-state index contributed by atoms with van der Waals surface area (Å²) in [4.78, 5) is 0. The molecule has 0 bridgehead atoms. The molecule has 3 nitrogen and oxygen atoms in total. The van der Waals surface area contributed by atoms with Gasteiger partial charge in [0.05, 0.1) is 13.2 Å². The van der Waals surface area contributed by atoms with Crippen LogP contribution in [0.3, 0.4) is 0 Å². The highest BCUT2D eigenvalue weighted by Gasteiger charge is 2.23. The molecular weight excluding hydrogens is 324 g/mol. The van der Waals surface area contributed by atoms with Crippen LogP contribution in [0.1, 0.15) is 77.6 Å². The molecule has 3 heteroatoms. The first-order chi connectivity index (χ1) is 12.7. The molecule has 26 heavy (non-hydrogen) atoms. The van der Waals surface area contributed by atoms with Crippen molar-refractivity contribution in [2.24, 2.45) is 0 Å². The highest BCUT2D eigenvalue weighted by atomic mass is 16.4. The minimum Gasteiger partial charge on any atom is -0.393 e. The van der Waals surface area contributed by atoms with E-state index in [2.05, 4.69) is 55.5 Å². The highest BCUT2D eigenvalue weighted by Crippen LogP contribution is 2.14. The van der Waals surface area contributed by atoms with Crippen LogP contribution in [0.5, 0.6) is 0 Å². The number of hydrogen-bond donors (Lipinski definition) is 3. The third kappa shape index (κ3) is 16.3. The van der Waals surface area contributed by atoms with E-state index in [4.69, 9.17) is 10.2 Å². The molecular formula is C23H40O3. The van der Waals surface area contributed by atoms with Gasteiger partial charge in [0.2, 0.25) is 0 Å². The minimum absolute atomic E-state index is 0.381. The van der Waals surface area contributed by atoms with Crippen molar-refractivity contribution in [1.29, 1.82) is 0 Å². The monoisotopic (exact) mass is 364 g/mol. The highest BCUT2D eigenvalue weighted by molar-refractivity contribution is 4.99. The van der Waals surface area contributed by atoms with Crippen LogP contribution in [-0.4, -0.2) is 34.1 Å². The Hall–Kier alpha value is -1.16. The number of rotatable bonds is 17. The van der Waals surface area contributed by atoms with Gasteiger partial charge in [-0.1, -0.05) is 74.8 Å². The molecule has 0 aliphatic rings. The van der Waals surface area contributed by atoms with Crippen molar-refractivity contribution in [2.45, 2.75) is 83.2 Å². The lowest BCUT2D eigenvalue weighted by Gasteiger charge is -2.22. The second-order valence-electron chi connectivity index (χ2n) is 6.87. The lowest BCUT2D eigenvalue weighted by atomic mass is 9.98. The fourth-order valence-electron chi connectivity index (χ4n) is 2.49. The molecule has 0 saturated heterocycles. The zero-order chi connectivity index (χ0) is 19.3. The van der Waals surface area contributed by atoms with Gasteiger partial charge in [0.1, 0.15) is 5.60 Å². The summed E-state index contributed by atoms with van der Waals surface area (Å²) in [6.07, 6.45) is 28.9. The maximum Gasteiger partial charge on any atom is 0.111 e. The third-order valence-corrected chi connectivity index (χ3v) is 4.31. The van der Waals surface area contributed by atoms with E-state index < -0.39 is 5.60 Å². The number of aliphatic hydroxyl groups excluding tert-OH is 2. The predicted molar refractivity (Wildman–Crippen MR) is 112 cm³/mol. The molecule has 0 saturated carbocycles. The van der Waals surface area contributed by atoms with Crippen molar-refractivity contribution < 1.29 is 15.3 Å². The summed E-state index contributed by atoms with van der Waals surface area (Å²) in [5.74, 6) is 0. The summed E-state index contributed by atoms with van der Waals surface area (Å²) < 4.78 is 0. The summed E-state index contributed by atoms with van der Waals surface area (Å²) in [5.41, 5.74) is -1.31. The van der Waals surface area contributed by atoms with Gasteiger partial charge in [-0.3, -0.25) is 0 Å². The Kier molecular flexibility index (Phi) is 17.8. The van der Waals surface area contributed by atoms with E-state index in [1.54, 1.807) is 0 Å². The molecule has 0 aliphatic carbocycles. The van der Waals surface area contributed by atoms with Crippen LogP contribution < -0.4 is 0 Å². The van der Waals surface area contributed by atoms with Crippen LogP contribution in [0.15, 0.2) is 48.6 Å². The van der Waals surface area contributed by atoms with Gasteiger partial charge in [-0.2, -0.15) is 0 Å². The topological polar surface area (TPSA) is 60.7 Å². The molecule has 0 spiro atoms. The van der Waals surface area contributed by atoms with Crippen molar-refractivity contribution in [3.8, 4) is 0 Å². The Balaban J connectivity index is 3.52. The quantitative estimate of drug-likeness (QED) is 0.244. The number of allylic oxidation sites excluding steroid dienone is 8. The Morgan fingerprint density at radius 3 is 1.46 bits per heavy atom. The van der Waals surface area contributed by atoms with Crippen LogP contribution in [0, 0.1) is 0 Å². The lowest BCUT2D eigenvalue weighted by molar-refractivity contribution is -0.0615. The van der Waals surface area contributed by atoms with Gasteiger partial charge in [0.25, 0.3) is 0 Å². The molecule has 0 rings (SSSR count). The van der Waals surface area contributed by atoms with Crippen molar-refractivity contribution in [3.63, 3.8) is 0 Å². The van der Waals surface area contributed by atoms with Crippen LogP contribution >= 0.6 is 0 Å². The molecule has 0 atom stereocenters. The summed E-state index contributed by atoms with van der Waals surface area (Å²) in [7, 11) is 0. The average Bonchev–Trinajstić information content (AvgIpc) is 2.66. The Morgan fingerprint density at radius 1 is 0.615 bits per heavy atom. The van der Waals surface area contributed by atoms with E-state index in [-0.39, 0.29) is 13.2 Å². The zero-order valence-corrected chi connectivity index (χ0v) is 16.7. The number of aliphatic hydroxyl groups is 3. The van der Waals surface area contributed by atoms with Gasteiger partial charge in [-0.15, -0.1) is 0 Å².